The molecular formula is C21H19Cl2FN4O6S. The number of pyridine rings is 1. The SMILES string of the molecule is O=C(O)CO[C@@H]1[C@@H](n2cc(-c3ccc(F)cn3)nn2)[C@@H](O)[C@@H](CO)O[C@@H]1Sc1ccc(Cl)c(Cl)c1. The number of nitrogens with zero attached hydrogens (tertiary/aromatic N) is 4. The highest BCUT2D eigenvalue weighted by atomic mass is 35.5. The molecule has 1 aliphatic heterocycles. The van der Waals surface area contributed by atoms with Crippen LogP contribution in [0.15, 0.2) is 47.6 Å². The molecule has 35 heavy (non-hydrogen) atoms. The monoisotopic (exact) mass is 544 g/mol. The van der Waals surface area contributed by atoms with Crippen molar-refractivity contribution in [3.05, 3.63) is 58.6 Å². The maximum Gasteiger partial charge on any atom is 0.329 e. The van der Waals surface area contributed by atoms with Gasteiger partial charge in [0.1, 0.15) is 47.9 Å². The summed E-state index contributed by atoms with van der Waals surface area (Å²) in [5.74, 6) is -1.74. The Bertz CT molecular complexity index is 1190. The molecule has 1 fully saturated rings. The highest BCUT2D eigenvalue weighted by Crippen LogP contribution is 2.41. The van der Waals surface area contributed by atoms with Gasteiger partial charge in [-0.1, -0.05) is 40.2 Å². The zero-order valence-electron chi connectivity index (χ0n) is 17.7. The molecule has 1 aromatic carbocycles. The maximum absolute atomic E-state index is 13.2. The van der Waals surface area contributed by atoms with Gasteiger partial charge in [0.05, 0.1) is 34.7 Å². The van der Waals surface area contributed by atoms with Crippen molar-refractivity contribution in [2.45, 2.75) is 34.7 Å². The number of hydrogen-bond donors (Lipinski definition) is 3. The zero-order chi connectivity index (χ0) is 25.1. The number of hydrogen-bond acceptors (Lipinski definition) is 9. The minimum Gasteiger partial charge on any atom is -0.480 e. The van der Waals surface area contributed by atoms with Gasteiger partial charge in [0.2, 0.25) is 0 Å². The molecule has 0 unspecified atom stereocenters. The number of aliphatic hydroxyl groups excluding tert-OH is 2. The molecule has 0 aliphatic carbocycles. The summed E-state index contributed by atoms with van der Waals surface area (Å²) >= 11 is 13.3. The topological polar surface area (TPSA) is 140 Å². The van der Waals surface area contributed by atoms with Crippen molar-refractivity contribution < 1.29 is 34.0 Å². The lowest BCUT2D eigenvalue weighted by Crippen LogP contribution is -2.56. The number of benzene rings is 1. The van der Waals surface area contributed by atoms with Gasteiger partial charge in [0.15, 0.2) is 0 Å². The summed E-state index contributed by atoms with van der Waals surface area (Å²) in [6, 6.07) is 6.53. The molecule has 1 saturated heterocycles. The molecule has 2 aromatic heterocycles. The van der Waals surface area contributed by atoms with Gasteiger partial charge >= 0.3 is 5.97 Å². The third kappa shape index (κ3) is 5.92. The van der Waals surface area contributed by atoms with Crippen LogP contribution in [0.3, 0.4) is 0 Å². The van der Waals surface area contributed by atoms with Crippen LogP contribution in [0.5, 0.6) is 0 Å². The summed E-state index contributed by atoms with van der Waals surface area (Å²) in [7, 11) is 0. The Kier molecular flexibility index (Phi) is 8.22. The summed E-state index contributed by atoms with van der Waals surface area (Å²) in [6.45, 7) is -1.20. The van der Waals surface area contributed by atoms with Gasteiger partial charge in [-0.15, -0.1) is 5.10 Å². The Morgan fingerprint density at radius 1 is 1.23 bits per heavy atom. The van der Waals surface area contributed by atoms with E-state index in [0.717, 1.165) is 18.0 Å². The van der Waals surface area contributed by atoms with Gasteiger partial charge in [-0.05, 0) is 30.3 Å². The highest BCUT2D eigenvalue weighted by molar-refractivity contribution is 7.99. The minimum atomic E-state index is -1.33. The first-order valence-corrected chi connectivity index (χ1v) is 11.8. The van der Waals surface area contributed by atoms with E-state index in [-0.39, 0.29) is 5.69 Å². The lowest BCUT2D eigenvalue weighted by molar-refractivity contribution is -0.196. The molecule has 14 heteroatoms. The first-order valence-electron chi connectivity index (χ1n) is 10.2. The average molecular weight is 545 g/mol. The number of thioether (sulfide) groups is 1. The molecule has 186 valence electrons. The molecule has 4 rings (SSSR count). The van der Waals surface area contributed by atoms with Gasteiger partial charge in [-0.2, -0.15) is 0 Å². The number of carboxylic acid groups (broad SMARTS) is 1. The first-order chi connectivity index (χ1) is 16.8. The predicted molar refractivity (Wildman–Crippen MR) is 124 cm³/mol. The van der Waals surface area contributed by atoms with Crippen LogP contribution < -0.4 is 0 Å². The zero-order valence-corrected chi connectivity index (χ0v) is 20.1. The van der Waals surface area contributed by atoms with E-state index in [1.165, 1.54) is 23.0 Å². The van der Waals surface area contributed by atoms with Crippen molar-refractivity contribution in [1.29, 1.82) is 0 Å². The summed E-state index contributed by atoms with van der Waals surface area (Å²) in [5.41, 5.74) is -0.258. The van der Waals surface area contributed by atoms with E-state index in [2.05, 4.69) is 15.3 Å². The summed E-state index contributed by atoms with van der Waals surface area (Å²) < 4.78 is 26.1. The largest absolute Gasteiger partial charge is 0.480 e. The van der Waals surface area contributed by atoms with Crippen molar-refractivity contribution in [2.24, 2.45) is 0 Å². The number of rotatable bonds is 8. The number of halogens is 3. The lowest BCUT2D eigenvalue weighted by atomic mass is 9.97. The molecular weight excluding hydrogens is 526 g/mol. The van der Waals surface area contributed by atoms with E-state index in [9.17, 15) is 24.5 Å². The summed E-state index contributed by atoms with van der Waals surface area (Å²) in [6.07, 6.45) is -0.922. The molecule has 10 nitrogen and oxygen atoms in total. The van der Waals surface area contributed by atoms with Crippen LogP contribution in [-0.4, -0.2) is 78.2 Å². The normalized spacial score (nSPS) is 24.4. The second-order valence-corrected chi connectivity index (χ2v) is 9.50. The van der Waals surface area contributed by atoms with Crippen LogP contribution in [0.4, 0.5) is 4.39 Å². The molecule has 0 radical (unpaired) electrons. The van der Waals surface area contributed by atoms with Crippen molar-refractivity contribution in [1.82, 2.24) is 20.0 Å². The molecule has 0 spiro atoms. The highest BCUT2D eigenvalue weighted by Gasteiger charge is 2.48. The molecule has 3 heterocycles. The molecule has 0 amide bonds. The number of aromatic nitrogens is 4. The number of aliphatic hydroxyl groups is 2. The van der Waals surface area contributed by atoms with Crippen LogP contribution >= 0.6 is 35.0 Å². The molecule has 1 aliphatic rings. The summed E-state index contributed by atoms with van der Waals surface area (Å²) in [4.78, 5) is 15.9. The van der Waals surface area contributed by atoms with Gasteiger partial charge in [0.25, 0.3) is 0 Å². The molecule has 5 atom stereocenters. The fraction of sp³-hybridized carbons (Fsp3) is 0.333. The first kappa shape index (κ1) is 25.8. The molecule has 3 N–H and O–H groups in total. The van der Waals surface area contributed by atoms with Crippen LogP contribution in [-0.2, 0) is 14.3 Å². The predicted octanol–water partition coefficient (Wildman–Crippen LogP) is 2.67. The number of ether oxygens (including phenoxy) is 2. The minimum absolute atomic E-state index is 0.287. The fourth-order valence-electron chi connectivity index (χ4n) is 3.55. The van der Waals surface area contributed by atoms with Gasteiger partial charge in [0, 0.05) is 4.90 Å². The standard InChI is InChI=1S/C21H19Cl2FN4O6S/c22-12-3-2-11(5-13(12)23)35-21-20(33-9-17(30)31)18(19(32)16(8-29)34-21)28-7-15(26-27-28)14-4-1-10(24)6-25-14/h1-7,16,18-21,29,32H,8-9H2,(H,30,31)/t16-,18+,19+,20-,21-/m1/s1. The smallest absolute Gasteiger partial charge is 0.329 e. The average Bonchev–Trinajstić information content (AvgIpc) is 3.31. The van der Waals surface area contributed by atoms with E-state index in [4.69, 9.17) is 32.7 Å². The van der Waals surface area contributed by atoms with E-state index in [1.54, 1.807) is 18.2 Å². The molecule has 0 saturated carbocycles. The summed E-state index contributed by atoms with van der Waals surface area (Å²) in [5, 5.41) is 38.8. The van der Waals surface area contributed by atoms with Crippen molar-refractivity contribution in [3.8, 4) is 11.4 Å². The Morgan fingerprint density at radius 3 is 2.69 bits per heavy atom. The lowest BCUT2D eigenvalue weighted by Gasteiger charge is -2.43. The number of carbonyl (C=O) groups is 1. The Hall–Kier alpha value is -2.32. The molecule has 3 aromatic rings. The van der Waals surface area contributed by atoms with E-state index in [1.807, 2.05) is 0 Å². The van der Waals surface area contributed by atoms with Crippen LogP contribution in [0.2, 0.25) is 10.0 Å². The van der Waals surface area contributed by atoms with Crippen LogP contribution in [0, 0.1) is 5.82 Å². The van der Waals surface area contributed by atoms with Crippen LogP contribution in [0.25, 0.3) is 11.4 Å². The third-order valence-corrected chi connectivity index (χ3v) is 7.05. The van der Waals surface area contributed by atoms with E-state index in [0.29, 0.717) is 20.6 Å². The van der Waals surface area contributed by atoms with E-state index >= 15 is 0 Å². The second kappa shape index (κ2) is 11.2. The fourth-order valence-corrected chi connectivity index (χ4v) is 5.09. The van der Waals surface area contributed by atoms with Crippen molar-refractivity contribution in [3.63, 3.8) is 0 Å². The second-order valence-electron chi connectivity index (χ2n) is 7.52. The number of carboxylic acids is 1. The van der Waals surface area contributed by atoms with Crippen LogP contribution in [0.1, 0.15) is 6.04 Å². The van der Waals surface area contributed by atoms with Crippen molar-refractivity contribution in [2.75, 3.05) is 13.2 Å². The number of aliphatic carboxylic acids is 1. The Balaban J connectivity index is 1.69. The van der Waals surface area contributed by atoms with Crippen molar-refractivity contribution >= 4 is 40.9 Å². The Morgan fingerprint density at radius 2 is 2.03 bits per heavy atom. The van der Waals surface area contributed by atoms with E-state index < -0.39 is 54.8 Å². The van der Waals surface area contributed by atoms with Gasteiger partial charge < -0.3 is 24.8 Å². The Labute approximate surface area is 212 Å². The molecule has 0 bridgehead atoms. The maximum atomic E-state index is 13.2. The third-order valence-electron chi connectivity index (χ3n) is 5.17. The van der Waals surface area contributed by atoms with Gasteiger partial charge in [-0.3, -0.25) is 4.98 Å². The quantitative estimate of drug-likeness (QED) is 0.387. The van der Waals surface area contributed by atoms with Gasteiger partial charge in [-0.25, -0.2) is 13.9 Å².